The fourth-order valence-corrected chi connectivity index (χ4v) is 10.8. The number of Topliss-reactive ketones (excluding diaryl/α,β-unsaturated/α-hetero) is 1. The van der Waals surface area contributed by atoms with Gasteiger partial charge in [0.05, 0.1) is 33.8 Å². The maximum absolute atomic E-state index is 11.1. The van der Waals surface area contributed by atoms with Crippen molar-refractivity contribution in [2.45, 2.75) is 89.1 Å². The lowest BCUT2D eigenvalue weighted by Crippen LogP contribution is -2.49. The number of benzene rings is 3. The smallest absolute Gasteiger partial charge is 0.136 e. The molecule has 360 valence electrons. The van der Waals surface area contributed by atoms with Crippen molar-refractivity contribution >= 4 is 22.8 Å². The van der Waals surface area contributed by atoms with Gasteiger partial charge in [0.25, 0.3) is 0 Å². The van der Waals surface area contributed by atoms with E-state index in [2.05, 4.69) is 60.2 Å². The van der Waals surface area contributed by atoms with E-state index < -0.39 is 0 Å². The fourth-order valence-electron chi connectivity index (χ4n) is 10.8. The zero-order valence-corrected chi connectivity index (χ0v) is 39.9. The standard InChI is InChI=1S/C18H26N4.C18H25N3O.C12H12N2O.C6H13NO/c19-12-15-4-3-9-22(14-15)17-7-10-21(11-8-17)18-6-2-1-5-16(18)13-20;19-12-16-5-1-2-6-18(16)20-10-7-17(8-11-20)21-9-3-4-15(13-21)14-22;13-9-10-3-1-2-4-12(10)14-7-5-11(15)6-8-14;8-5-6-2-1-3-7-4-6/h1-2,5-6,15,17H,3-4,7-12,14,19H2;1-2,5-6,15,17,22H,3-4,7-11,13-14H2;1-4H,5-8H2;6-8H,1-5H2. The summed E-state index contributed by atoms with van der Waals surface area (Å²) in [5.41, 5.74) is 11.2. The van der Waals surface area contributed by atoms with E-state index in [1.54, 1.807) is 0 Å². The number of nitrogens with zero attached hydrogens (tertiary/aromatic N) is 8. The van der Waals surface area contributed by atoms with Gasteiger partial charge in [-0.15, -0.1) is 0 Å². The average Bonchev–Trinajstić information content (AvgIpc) is 3.42. The van der Waals surface area contributed by atoms with E-state index in [9.17, 15) is 20.4 Å². The predicted octanol–water partition coefficient (Wildman–Crippen LogP) is 6.14. The molecule has 6 saturated heterocycles. The maximum atomic E-state index is 11.1. The van der Waals surface area contributed by atoms with Crippen molar-refractivity contribution in [3.63, 3.8) is 0 Å². The highest BCUT2D eigenvalue weighted by Crippen LogP contribution is 2.30. The largest absolute Gasteiger partial charge is 0.396 e. The number of para-hydroxylation sites is 3. The lowest BCUT2D eigenvalue weighted by atomic mass is 9.93. The average molecular weight is 913 g/mol. The van der Waals surface area contributed by atoms with Gasteiger partial charge in [-0.1, -0.05) is 36.4 Å². The van der Waals surface area contributed by atoms with Crippen LogP contribution < -0.4 is 25.8 Å². The van der Waals surface area contributed by atoms with E-state index in [0.29, 0.717) is 67.2 Å². The van der Waals surface area contributed by atoms with E-state index in [4.69, 9.17) is 16.1 Å². The molecular weight excluding hydrogens is 837 g/mol. The van der Waals surface area contributed by atoms with Gasteiger partial charge in [0.1, 0.15) is 24.0 Å². The molecule has 13 nitrogen and oxygen atoms in total. The number of hydrogen-bond donors (Lipinski definition) is 4. The topological polar surface area (TPSA) is 183 Å². The van der Waals surface area contributed by atoms with E-state index in [-0.39, 0.29) is 0 Å². The van der Waals surface area contributed by atoms with Gasteiger partial charge >= 0.3 is 0 Å². The molecule has 6 aliphatic heterocycles. The molecule has 0 aliphatic carbocycles. The number of rotatable bonds is 8. The molecule has 3 unspecified atom stereocenters. The van der Waals surface area contributed by atoms with Crippen LogP contribution in [0.5, 0.6) is 0 Å². The summed E-state index contributed by atoms with van der Waals surface area (Å²) in [6.45, 7) is 13.9. The zero-order chi connectivity index (χ0) is 47.2. The Morgan fingerprint density at radius 2 is 0.940 bits per heavy atom. The predicted molar refractivity (Wildman–Crippen MR) is 268 cm³/mol. The maximum Gasteiger partial charge on any atom is 0.136 e. The molecule has 0 saturated carbocycles. The molecule has 3 atom stereocenters. The summed E-state index contributed by atoms with van der Waals surface area (Å²) >= 11 is 0. The van der Waals surface area contributed by atoms with E-state index >= 15 is 0 Å². The number of nitrogens with one attached hydrogen (secondary N) is 1. The van der Waals surface area contributed by atoms with Gasteiger partial charge in [-0.2, -0.15) is 15.8 Å². The van der Waals surface area contributed by atoms with Gasteiger partial charge in [-0.05, 0) is 145 Å². The molecule has 5 N–H and O–H groups in total. The second kappa shape index (κ2) is 27.7. The molecule has 0 radical (unpaired) electrons. The summed E-state index contributed by atoms with van der Waals surface area (Å²) in [5.74, 6) is 2.00. The highest BCUT2D eigenvalue weighted by molar-refractivity contribution is 5.81. The van der Waals surface area contributed by atoms with Crippen LogP contribution in [0, 0.1) is 51.7 Å². The Labute approximate surface area is 400 Å². The van der Waals surface area contributed by atoms with E-state index in [0.717, 1.165) is 106 Å². The molecular formula is C54H76N10O3. The number of carbonyl (C=O) groups is 1. The molecule has 67 heavy (non-hydrogen) atoms. The van der Waals surface area contributed by atoms with Crippen LogP contribution in [-0.4, -0.2) is 136 Å². The number of piperidine rings is 6. The minimum absolute atomic E-state index is 0.320. The Hall–Kier alpha value is -5.04. The minimum atomic E-state index is 0.320. The molecule has 6 heterocycles. The quantitative estimate of drug-likeness (QED) is 0.203. The number of nitrogens with two attached hydrogens (primary N) is 1. The minimum Gasteiger partial charge on any atom is -0.396 e. The number of aliphatic hydroxyl groups excluding tert-OH is 2. The number of hydrogen-bond acceptors (Lipinski definition) is 13. The fraction of sp³-hybridized carbons (Fsp3) is 0.593. The number of aliphatic hydroxyl groups is 2. The van der Waals surface area contributed by atoms with E-state index in [1.807, 2.05) is 60.7 Å². The lowest BCUT2D eigenvalue weighted by Gasteiger charge is -2.43. The summed E-state index contributed by atoms with van der Waals surface area (Å²) in [7, 11) is 0. The third-order valence-electron chi connectivity index (χ3n) is 14.7. The number of anilines is 3. The van der Waals surface area contributed by atoms with Crippen LogP contribution in [0.3, 0.4) is 0 Å². The first kappa shape index (κ1) is 51.4. The molecule has 13 heteroatoms. The van der Waals surface area contributed by atoms with Crippen molar-refractivity contribution in [1.29, 1.82) is 15.8 Å². The molecule has 6 fully saturated rings. The second-order valence-corrected chi connectivity index (χ2v) is 19.2. The van der Waals surface area contributed by atoms with E-state index in [1.165, 1.54) is 71.0 Å². The molecule has 0 aromatic heterocycles. The number of nitriles is 3. The highest BCUT2D eigenvalue weighted by atomic mass is 16.3. The molecule has 0 bridgehead atoms. The normalized spacial score (nSPS) is 23.1. The summed E-state index contributed by atoms with van der Waals surface area (Å²) in [4.78, 5) is 23.2. The first-order valence-electron chi connectivity index (χ1n) is 25.2. The monoisotopic (exact) mass is 913 g/mol. The van der Waals surface area contributed by atoms with Crippen molar-refractivity contribution in [3.05, 3.63) is 89.5 Å². The highest BCUT2D eigenvalue weighted by Gasteiger charge is 2.31. The van der Waals surface area contributed by atoms with Crippen molar-refractivity contribution in [2.24, 2.45) is 23.5 Å². The first-order chi connectivity index (χ1) is 32.9. The third kappa shape index (κ3) is 15.2. The summed E-state index contributed by atoms with van der Waals surface area (Å²) in [6.07, 6.45) is 13.3. The Balaban J connectivity index is 0.000000155. The first-order valence-corrected chi connectivity index (χ1v) is 25.2. The number of carbonyl (C=O) groups excluding carboxylic acids is 1. The molecule has 9 rings (SSSR count). The van der Waals surface area contributed by atoms with Gasteiger partial charge in [0, 0.05) is 97.0 Å². The van der Waals surface area contributed by atoms with Gasteiger partial charge in [0.2, 0.25) is 0 Å². The molecule has 0 amide bonds. The van der Waals surface area contributed by atoms with Crippen LogP contribution in [-0.2, 0) is 4.79 Å². The van der Waals surface area contributed by atoms with Gasteiger partial charge < -0.3 is 36.0 Å². The Kier molecular flexibility index (Phi) is 21.2. The molecule has 6 aliphatic rings. The number of ketones is 1. The lowest BCUT2D eigenvalue weighted by molar-refractivity contribution is -0.119. The van der Waals surface area contributed by atoms with Crippen molar-refractivity contribution in [2.75, 3.05) is 113 Å². The Morgan fingerprint density at radius 1 is 0.537 bits per heavy atom. The van der Waals surface area contributed by atoms with Crippen molar-refractivity contribution in [3.8, 4) is 18.2 Å². The van der Waals surface area contributed by atoms with Crippen LogP contribution in [0.4, 0.5) is 17.1 Å². The van der Waals surface area contributed by atoms with Crippen LogP contribution in [0.1, 0.15) is 93.7 Å². The summed E-state index contributed by atoms with van der Waals surface area (Å²) in [6, 6.07) is 31.5. The summed E-state index contributed by atoms with van der Waals surface area (Å²) in [5, 5.41) is 48.7. The molecule has 0 spiro atoms. The van der Waals surface area contributed by atoms with Crippen LogP contribution >= 0.6 is 0 Å². The van der Waals surface area contributed by atoms with Gasteiger partial charge in [0.15, 0.2) is 0 Å². The van der Waals surface area contributed by atoms with Crippen LogP contribution in [0.15, 0.2) is 72.8 Å². The molecule has 3 aromatic carbocycles. The Morgan fingerprint density at radius 3 is 1.33 bits per heavy atom. The molecule has 3 aromatic rings. The van der Waals surface area contributed by atoms with Crippen molar-refractivity contribution in [1.82, 2.24) is 15.1 Å². The van der Waals surface area contributed by atoms with Gasteiger partial charge in [-0.25, -0.2) is 0 Å². The van der Waals surface area contributed by atoms with Crippen LogP contribution in [0.25, 0.3) is 0 Å². The van der Waals surface area contributed by atoms with Crippen molar-refractivity contribution < 1.29 is 15.0 Å². The Bertz CT molecular complexity index is 1970. The number of likely N-dealkylation sites (tertiary alicyclic amines) is 2. The summed E-state index contributed by atoms with van der Waals surface area (Å²) < 4.78 is 0. The zero-order valence-electron chi connectivity index (χ0n) is 39.9. The second-order valence-electron chi connectivity index (χ2n) is 19.2. The van der Waals surface area contributed by atoms with Crippen LogP contribution in [0.2, 0.25) is 0 Å². The van der Waals surface area contributed by atoms with Gasteiger partial charge in [-0.3, -0.25) is 14.6 Å². The third-order valence-corrected chi connectivity index (χ3v) is 14.7. The SMILES string of the molecule is N#Cc1ccccc1N1CCC(=O)CC1.N#Cc1ccccc1N1CCC(N2CCCC(CN)C2)CC1.N#Cc1ccccc1N1CCC(N2CCCC(CO)C2)CC1.OCC1CCCNC1.